The number of hydrogen-bond donors (Lipinski definition) is 0. The number of fused-ring (bicyclic) bond motifs is 1. The molecule has 0 radical (unpaired) electrons. The molecule has 0 aromatic heterocycles. The van der Waals surface area contributed by atoms with Gasteiger partial charge in [0.1, 0.15) is 0 Å². The van der Waals surface area contributed by atoms with Crippen LogP contribution in [0.3, 0.4) is 0 Å². The lowest BCUT2D eigenvalue weighted by atomic mass is 9.97. The smallest absolute Gasteiger partial charge is 0.256 e. The summed E-state index contributed by atoms with van der Waals surface area (Å²) in [4.78, 5) is 13.8. The summed E-state index contributed by atoms with van der Waals surface area (Å²) in [5.41, 5.74) is 3.48. The quantitative estimate of drug-likeness (QED) is 0.499. The molecule has 1 aliphatic heterocycles. The maximum atomic E-state index is 13.0. The summed E-state index contributed by atoms with van der Waals surface area (Å²) in [6.45, 7) is 0.465. The van der Waals surface area contributed by atoms with Gasteiger partial charge in [-0.3, -0.25) is 4.79 Å². The van der Waals surface area contributed by atoms with Gasteiger partial charge in [-0.25, -0.2) is 0 Å². The number of benzene rings is 3. The predicted octanol–water partition coefficient (Wildman–Crippen LogP) is 4.78. The Bertz CT molecular complexity index is 879. The average molecular weight is 334 g/mol. The molecule has 0 N–H and O–H groups in total. The minimum Gasteiger partial charge on any atom is -0.307 e. The van der Waals surface area contributed by atoms with E-state index in [1.165, 1.54) is 0 Å². The molecule has 0 fully saturated rings. The Morgan fingerprint density at radius 2 is 1.38 bits per heavy atom. The van der Waals surface area contributed by atoms with Gasteiger partial charge in [-0.05, 0) is 17.2 Å². The Kier molecular flexibility index (Phi) is 3.62. The van der Waals surface area contributed by atoms with Crippen LogP contribution in [0, 0.1) is 0 Å². The first-order valence-corrected chi connectivity index (χ1v) is 8.29. The molecule has 118 valence electrons. The van der Waals surface area contributed by atoms with Crippen LogP contribution in [0.25, 0.3) is 0 Å². The summed E-state index contributed by atoms with van der Waals surface area (Å²) in [5.74, 6) is -0.0340. The summed E-state index contributed by atoms with van der Waals surface area (Å²) in [6.07, 6.45) is 0. The lowest BCUT2D eigenvalue weighted by Crippen LogP contribution is -2.39. The Labute approximate surface area is 146 Å². The van der Waals surface area contributed by atoms with Crippen molar-refractivity contribution in [1.29, 1.82) is 0 Å². The van der Waals surface area contributed by atoms with E-state index in [0.717, 1.165) is 16.7 Å². The topological polar surface area (TPSA) is 20.3 Å². The molecule has 0 spiro atoms. The SMILES string of the molecule is O=C1c2ccccc2C(Cl)(c2ccccc2)N1Cc1ccccc1. The van der Waals surface area contributed by atoms with Gasteiger partial charge in [-0.1, -0.05) is 90.5 Å². The molecule has 1 heterocycles. The first kappa shape index (κ1) is 15.0. The number of rotatable bonds is 3. The van der Waals surface area contributed by atoms with Crippen molar-refractivity contribution < 1.29 is 4.79 Å². The fourth-order valence-electron chi connectivity index (χ4n) is 3.31. The molecule has 1 amide bonds. The highest BCUT2D eigenvalue weighted by atomic mass is 35.5. The number of carbonyl (C=O) groups excluding carboxylic acids is 1. The molecule has 3 aromatic carbocycles. The number of nitrogens with zero attached hydrogens (tertiary/aromatic N) is 1. The van der Waals surface area contributed by atoms with Gasteiger partial charge < -0.3 is 4.90 Å². The van der Waals surface area contributed by atoms with Crippen molar-refractivity contribution in [3.63, 3.8) is 0 Å². The molecule has 1 aliphatic rings. The van der Waals surface area contributed by atoms with Gasteiger partial charge in [0.05, 0.1) is 0 Å². The maximum absolute atomic E-state index is 13.0. The van der Waals surface area contributed by atoms with Crippen LogP contribution in [0.2, 0.25) is 0 Å². The van der Waals surface area contributed by atoms with E-state index in [2.05, 4.69) is 0 Å². The number of alkyl halides is 1. The summed E-state index contributed by atoms with van der Waals surface area (Å²) in [5, 5.41) is 0. The minimum absolute atomic E-state index is 0.0340. The third kappa shape index (κ3) is 2.22. The molecule has 0 bridgehead atoms. The number of halogens is 1. The Morgan fingerprint density at radius 1 is 0.792 bits per heavy atom. The predicted molar refractivity (Wildman–Crippen MR) is 95.8 cm³/mol. The molecule has 0 saturated heterocycles. The van der Waals surface area contributed by atoms with E-state index in [9.17, 15) is 4.79 Å². The van der Waals surface area contributed by atoms with Crippen molar-refractivity contribution in [2.24, 2.45) is 0 Å². The van der Waals surface area contributed by atoms with Crippen LogP contribution in [0.4, 0.5) is 0 Å². The van der Waals surface area contributed by atoms with Crippen LogP contribution < -0.4 is 0 Å². The van der Waals surface area contributed by atoms with E-state index in [1.807, 2.05) is 84.9 Å². The van der Waals surface area contributed by atoms with Gasteiger partial charge in [0, 0.05) is 17.7 Å². The summed E-state index contributed by atoms with van der Waals surface area (Å²) < 4.78 is 0. The van der Waals surface area contributed by atoms with Crippen LogP contribution in [0.15, 0.2) is 84.9 Å². The lowest BCUT2D eigenvalue weighted by Gasteiger charge is -2.34. The average Bonchev–Trinajstić information content (AvgIpc) is 2.87. The second-order valence-corrected chi connectivity index (χ2v) is 6.46. The first-order valence-electron chi connectivity index (χ1n) is 7.91. The monoisotopic (exact) mass is 333 g/mol. The fraction of sp³-hybridized carbons (Fsp3) is 0.0952. The van der Waals surface area contributed by atoms with Crippen molar-refractivity contribution in [1.82, 2.24) is 4.90 Å². The molecule has 3 heteroatoms. The zero-order valence-corrected chi connectivity index (χ0v) is 13.8. The summed E-state index contributed by atoms with van der Waals surface area (Å²) >= 11 is 7.14. The number of hydrogen-bond acceptors (Lipinski definition) is 1. The molecule has 4 rings (SSSR count). The van der Waals surface area contributed by atoms with E-state index in [-0.39, 0.29) is 5.91 Å². The van der Waals surface area contributed by atoms with Gasteiger partial charge in [-0.15, -0.1) is 0 Å². The van der Waals surface area contributed by atoms with E-state index in [4.69, 9.17) is 11.6 Å². The Balaban J connectivity index is 1.87. The highest BCUT2D eigenvalue weighted by Crippen LogP contribution is 2.47. The zero-order valence-electron chi connectivity index (χ0n) is 13.0. The maximum Gasteiger partial charge on any atom is 0.256 e. The second kappa shape index (κ2) is 5.81. The third-order valence-electron chi connectivity index (χ3n) is 4.47. The molecule has 0 saturated carbocycles. The van der Waals surface area contributed by atoms with Gasteiger partial charge in [0.2, 0.25) is 0 Å². The minimum atomic E-state index is -0.981. The fourth-order valence-corrected chi connectivity index (χ4v) is 3.73. The summed E-state index contributed by atoms with van der Waals surface area (Å²) in [7, 11) is 0. The molecule has 0 aliphatic carbocycles. The molecule has 2 nitrogen and oxygen atoms in total. The zero-order chi connectivity index (χ0) is 16.6. The van der Waals surface area contributed by atoms with Gasteiger partial charge in [0.25, 0.3) is 5.91 Å². The number of carbonyl (C=O) groups is 1. The van der Waals surface area contributed by atoms with Gasteiger partial charge in [0.15, 0.2) is 5.00 Å². The van der Waals surface area contributed by atoms with E-state index in [1.54, 1.807) is 4.90 Å². The van der Waals surface area contributed by atoms with Crippen LogP contribution >= 0.6 is 11.6 Å². The second-order valence-electron chi connectivity index (χ2n) is 5.91. The molecule has 1 atom stereocenters. The normalized spacial score (nSPS) is 19.4. The molecule has 24 heavy (non-hydrogen) atoms. The lowest BCUT2D eigenvalue weighted by molar-refractivity contribution is 0.0702. The Morgan fingerprint density at radius 3 is 2.08 bits per heavy atom. The summed E-state index contributed by atoms with van der Waals surface area (Å²) in [6, 6.07) is 27.3. The molecule has 3 aromatic rings. The van der Waals surface area contributed by atoms with Crippen molar-refractivity contribution in [3.05, 3.63) is 107 Å². The van der Waals surface area contributed by atoms with Crippen LogP contribution in [-0.2, 0) is 11.5 Å². The van der Waals surface area contributed by atoms with Crippen LogP contribution in [0.1, 0.15) is 27.0 Å². The largest absolute Gasteiger partial charge is 0.307 e. The molecular weight excluding hydrogens is 318 g/mol. The van der Waals surface area contributed by atoms with E-state index < -0.39 is 5.00 Å². The van der Waals surface area contributed by atoms with Gasteiger partial charge >= 0.3 is 0 Å². The van der Waals surface area contributed by atoms with E-state index >= 15 is 0 Å². The standard InChI is InChI=1S/C21H16ClNO/c22-21(17-11-5-2-6-12-17)19-14-8-7-13-18(19)20(24)23(21)15-16-9-3-1-4-10-16/h1-14H,15H2. The first-order chi connectivity index (χ1) is 11.7. The van der Waals surface area contributed by atoms with Crippen LogP contribution in [-0.4, -0.2) is 10.8 Å². The third-order valence-corrected chi connectivity index (χ3v) is 5.10. The molecular formula is C21H16ClNO. The number of amides is 1. The highest BCUT2D eigenvalue weighted by Gasteiger charge is 2.49. The van der Waals surface area contributed by atoms with E-state index in [0.29, 0.717) is 12.1 Å². The Hall–Kier alpha value is -2.58. The van der Waals surface area contributed by atoms with Gasteiger partial charge in [-0.2, -0.15) is 0 Å². The van der Waals surface area contributed by atoms with Crippen molar-refractivity contribution in [2.75, 3.05) is 0 Å². The highest BCUT2D eigenvalue weighted by molar-refractivity contribution is 6.29. The van der Waals surface area contributed by atoms with Crippen molar-refractivity contribution >= 4 is 17.5 Å². The van der Waals surface area contributed by atoms with Crippen molar-refractivity contribution in [3.8, 4) is 0 Å². The van der Waals surface area contributed by atoms with Crippen LogP contribution in [0.5, 0.6) is 0 Å². The van der Waals surface area contributed by atoms with Crippen molar-refractivity contribution in [2.45, 2.75) is 11.5 Å². The molecule has 1 unspecified atom stereocenters.